The number of rotatable bonds is 3. The number of carbonyl (C=O) groups excluding carboxylic acids is 1. The van der Waals surface area contributed by atoms with Gasteiger partial charge in [0.15, 0.2) is 0 Å². The lowest BCUT2D eigenvalue weighted by molar-refractivity contribution is 0.0785. The standard InChI is InChI=1S/C16H18N2O/c1-12-6-8-13(9-7-12)11-18(2)16(19)14-4-3-5-15(17)10-14/h3-10H,11,17H2,1-2H3. The Morgan fingerprint density at radius 3 is 2.47 bits per heavy atom. The molecule has 0 bridgehead atoms. The summed E-state index contributed by atoms with van der Waals surface area (Å²) in [6.07, 6.45) is 0. The molecule has 0 heterocycles. The summed E-state index contributed by atoms with van der Waals surface area (Å²) in [5, 5.41) is 0. The van der Waals surface area contributed by atoms with E-state index < -0.39 is 0 Å². The molecule has 0 aliphatic rings. The molecule has 3 heteroatoms. The molecule has 0 atom stereocenters. The second-order valence-corrected chi connectivity index (χ2v) is 4.77. The van der Waals surface area contributed by atoms with Crippen LogP contribution in [0.3, 0.4) is 0 Å². The van der Waals surface area contributed by atoms with Crippen LogP contribution in [0.15, 0.2) is 48.5 Å². The topological polar surface area (TPSA) is 46.3 Å². The minimum absolute atomic E-state index is 0.0205. The van der Waals surface area contributed by atoms with E-state index in [4.69, 9.17) is 5.73 Å². The van der Waals surface area contributed by atoms with E-state index in [1.807, 2.05) is 31.2 Å². The second-order valence-electron chi connectivity index (χ2n) is 4.77. The molecule has 98 valence electrons. The Labute approximate surface area is 113 Å². The highest BCUT2D eigenvalue weighted by Gasteiger charge is 2.11. The maximum absolute atomic E-state index is 12.2. The van der Waals surface area contributed by atoms with Crippen LogP contribution >= 0.6 is 0 Å². The molecule has 0 aliphatic carbocycles. The van der Waals surface area contributed by atoms with Crippen LogP contribution in [0, 0.1) is 6.92 Å². The summed E-state index contributed by atoms with van der Waals surface area (Å²) in [6.45, 7) is 2.64. The van der Waals surface area contributed by atoms with E-state index in [9.17, 15) is 4.79 Å². The smallest absolute Gasteiger partial charge is 0.253 e. The number of amides is 1. The summed E-state index contributed by atoms with van der Waals surface area (Å²) in [7, 11) is 1.80. The van der Waals surface area contributed by atoms with E-state index in [1.165, 1.54) is 5.56 Å². The molecule has 2 N–H and O–H groups in total. The van der Waals surface area contributed by atoms with Gasteiger partial charge in [-0.25, -0.2) is 0 Å². The van der Waals surface area contributed by atoms with Crippen LogP contribution in [0.2, 0.25) is 0 Å². The quantitative estimate of drug-likeness (QED) is 0.856. The maximum atomic E-state index is 12.2. The fourth-order valence-electron chi connectivity index (χ4n) is 1.93. The Balaban J connectivity index is 2.09. The number of anilines is 1. The molecule has 2 aromatic rings. The second kappa shape index (κ2) is 5.57. The largest absolute Gasteiger partial charge is 0.399 e. The first-order valence-corrected chi connectivity index (χ1v) is 6.23. The SMILES string of the molecule is Cc1ccc(CN(C)C(=O)c2cccc(N)c2)cc1. The Kier molecular flexibility index (Phi) is 3.85. The molecule has 2 rings (SSSR count). The van der Waals surface area contributed by atoms with Crippen molar-refractivity contribution in [1.82, 2.24) is 4.90 Å². The molecule has 0 saturated carbocycles. The highest BCUT2D eigenvalue weighted by atomic mass is 16.2. The van der Waals surface area contributed by atoms with Gasteiger partial charge >= 0.3 is 0 Å². The van der Waals surface area contributed by atoms with Crippen molar-refractivity contribution in [3.8, 4) is 0 Å². The van der Waals surface area contributed by atoms with Crippen molar-refractivity contribution < 1.29 is 4.79 Å². The third kappa shape index (κ3) is 3.35. The van der Waals surface area contributed by atoms with Gasteiger partial charge in [0.1, 0.15) is 0 Å². The van der Waals surface area contributed by atoms with Crippen molar-refractivity contribution in [2.24, 2.45) is 0 Å². The summed E-state index contributed by atoms with van der Waals surface area (Å²) < 4.78 is 0. The Hall–Kier alpha value is -2.29. The molecule has 0 aromatic heterocycles. The van der Waals surface area contributed by atoms with Gasteiger partial charge in [0, 0.05) is 24.8 Å². The molecule has 0 unspecified atom stereocenters. The fraction of sp³-hybridized carbons (Fsp3) is 0.188. The Morgan fingerprint density at radius 2 is 1.84 bits per heavy atom. The number of aryl methyl sites for hydroxylation is 1. The molecule has 0 spiro atoms. The molecular formula is C16H18N2O. The number of nitrogens with zero attached hydrogens (tertiary/aromatic N) is 1. The first-order chi connectivity index (χ1) is 9.06. The van der Waals surface area contributed by atoms with Gasteiger partial charge in [-0.1, -0.05) is 35.9 Å². The molecule has 0 aliphatic heterocycles. The number of nitrogen functional groups attached to an aromatic ring is 1. The molecule has 0 fully saturated rings. The van der Waals surface area contributed by atoms with E-state index in [1.54, 1.807) is 36.2 Å². The predicted molar refractivity (Wildman–Crippen MR) is 77.8 cm³/mol. The normalized spacial score (nSPS) is 10.2. The molecule has 0 saturated heterocycles. The van der Waals surface area contributed by atoms with Crippen molar-refractivity contribution in [3.63, 3.8) is 0 Å². The molecule has 1 amide bonds. The zero-order chi connectivity index (χ0) is 13.8. The van der Waals surface area contributed by atoms with E-state index in [2.05, 4.69) is 0 Å². The highest BCUT2D eigenvalue weighted by molar-refractivity contribution is 5.94. The van der Waals surface area contributed by atoms with Crippen LogP contribution in [-0.4, -0.2) is 17.9 Å². The van der Waals surface area contributed by atoms with Gasteiger partial charge in [-0.05, 0) is 30.7 Å². The van der Waals surface area contributed by atoms with Gasteiger partial charge in [-0.2, -0.15) is 0 Å². The predicted octanol–water partition coefficient (Wildman–Crippen LogP) is 2.85. The van der Waals surface area contributed by atoms with Crippen molar-refractivity contribution >= 4 is 11.6 Å². The lowest BCUT2D eigenvalue weighted by Crippen LogP contribution is -2.26. The zero-order valence-corrected chi connectivity index (χ0v) is 11.3. The third-order valence-electron chi connectivity index (χ3n) is 3.02. The zero-order valence-electron chi connectivity index (χ0n) is 11.3. The molecular weight excluding hydrogens is 236 g/mol. The molecule has 2 aromatic carbocycles. The molecule has 19 heavy (non-hydrogen) atoms. The lowest BCUT2D eigenvalue weighted by atomic mass is 10.1. The summed E-state index contributed by atoms with van der Waals surface area (Å²) in [4.78, 5) is 13.9. The summed E-state index contributed by atoms with van der Waals surface area (Å²) in [6, 6.07) is 15.2. The summed E-state index contributed by atoms with van der Waals surface area (Å²) in [5.41, 5.74) is 9.25. The number of benzene rings is 2. The average Bonchev–Trinajstić information content (AvgIpc) is 2.40. The maximum Gasteiger partial charge on any atom is 0.253 e. The van der Waals surface area contributed by atoms with Gasteiger partial charge in [-0.15, -0.1) is 0 Å². The minimum Gasteiger partial charge on any atom is -0.399 e. The van der Waals surface area contributed by atoms with Crippen LogP contribution in [0.25, 0.3) is 0 Å². The van der Waals surface area contributed by atoms with E-state index >= 15 is 0 Å². The Morgan fingerprint density at radius 1 is 1.16 bits per heavy atom. The van der Waals surface area contributed by atoms with Crippen LogP contribution in [0.5, 0.6) is 0 Å². The number of nitrogens with two attached hydrogens (primary N) is 1. The van der Waals surface area contributed by atoms with Crippen LogP contribution in [0.1, 0.15) is 21.5 Å². The first-order valence-electron chi connectivity index (χ1n) is 6.23. The van der Waals surface area contributed by atoms with Crippen molar-refractivity contribution in [3.05, 3.63) is 65.2 Å². The summed E-state index contributed by atoms with van der Waals surface area (Å²) in [5.74, 6) is -0.0205. The third-order valence-corrected chi connectivity index (χ3v) is 3.02. The fourth-order valence-corrected chi connectivity index (χ4v) is 1.93. The molecule has 0 radical (unpaired) electrons. The lowest BCUT2D eigenvalue weighted by Gasteiger charge is -2.17. The monoisotopic (exact) mass is 254 g/mol. The molecule has 3 nitrogen and oxygen atoms in total. The van der Waals surface area contributed by atoms with Gasteiger partial charge in [0.05, 0.1) is 0 Å². The van der Waals surface area contributed by atoms with E-state index in [0.717, 1.165) is 5.56 Å². The Bertz CT molecular complexity index is 576. The van der Waals surface area contributed by atoms with Crippen LogP contribution < -0.4 is 5.73 Å². The van der Waals surface area contributed by atoms with Crippen molar-refractivity contribution in [1.29, 1.82) is 0 Å². The highest BCUT2D eigenvalue weighted by Crippen LogP contribution is 2.12. The van der Waals surface area contributed by atoms with E-state index in [0.29, 0.717) is 17.8 Å². The minimum atomic E-state index is -0.0205. The first kappa shape index (κ1) is 13.1. The van der Waals surface area contributed by atoms with E-state index in [-0.39, 0.29) is 5.91 Å². The van der Waals surface area contributed by atoms with Crippen molar-refractivity contribution in [2.45, 2.75) is 13.5 Å². The van der Waals surface area contributed by atoms with Gasteiger partial charge in [-0.3, -0.25) is 4.79 Å². The van der Waals surface area contributed by atoms with Crippen LogP contribution in [0.4, 0.5) is 5.69 Å². The average molecular weight is 254 g/mol. The van der Waals surface area contributed by atoms with Gasteiger partial charge < -0.3 is 10.6 Å². The number of hydrogen-bond donors (Lipinski definition) is 1. The van der Waals surface area contributed by atoms with Gasteiger partial charge in [0.2, 0.25) is 0 Å². The number of hydrogen-bond acceptors (Lipinski definition) is 2. The van der Waals surface area contributed by atoms with Crippen LogP contribution in [-0.2, 0) is 6.54 Å². The number of carbonyl (C=O) groups is 1. The van der Waals surface area contributed by atoms with Gasteiger partial charge in [0.25, 0.3) is 5.91 Å². The van der Waals surface area contributed by atoms with Crippen molar-refractivity contribution in [2.75, 3.05) is 12.8 Å². The summed E-state index contributed by atoms with van der Waals surface area (Å²) >= 11 is 0.